The fourth-order valence-corrected chi connectivity index (χ4v) is 4.40. The monoisotopic (exact) mass is 347 g/mol. The number of nitro benzene ring substituents is 1. The van der Waals surface area contributed by atoms with Gasteiger partial charge in [-0.15, -0.1) is 0 Å². The SMILES string of the molecule is O=[N+]([O-])c1ccccc1S(=O)(=O)N[C@@H]1CNC[C@H]1c1ccccc1. The van der Waals surface area contributed by atoms with Crippen molar-refractivity contribution in [3.8, 4) is 0 Å². The molecule has 0 amide bonds. The minimum atomic E-state index is -3.99. The van der Waals surface area contributed by atoms with Gasteiger partial charge >= 0.3 is 0 Å². The van der Waals surface area contributed by atoms with Crippen LogP contribution in [0.4, 0.5) is 5.69 Å². The molecule has 1 aliphatic rings. The summed E-state index contributed by atoms with van der Waals surface area (Å²) in [6.45, 7) is 1.12. The van der Waals surface area contributed by atoms with E-state index in [9.17, 15) is 18.5 Å². The van der Waals surface area contributed by atoms with E-state index >= 15 is 0 Å². The average molecular weight is 347 g/mol. The molecular weight excluding hydrogens is 330 g/mol. The lowest BCUT2D eigenvalue weighted by molar-refractivity contribution is -0.387. The third-order valence-corrected chi connectivity index (χ3v) is 5.64. The van der Waals surface area contributed by atoms with Gasteiger partial charge in [-0.25, -0.2) is 13.1 Å². The number of nitro groups is 1. The molecule has 0 unspecified atom stereocenters. The van der Waals surface area contributed by atoms with Crippen molar-refractivity contribution in [3.05, 3.63) is 70.3 Å². The van der Waals surface area contributed by atoms with E-state index in [0.717, 1.165) is 5.56 Å². The van der Waals surface area contributed by atoms with E-state index in [1.165, 1.54) is 24.3 Å². The van der Waals surface area contributed by atoms with Gasteiger partial charge in [0.05, 0.1) is 4.92 Å². The fraction of sp³-hybridized carbons (Fsp3) is 0.250. The fourth-order valence-electron chi connectivity index (χ4n) is 2.95. The molecule has 126 valence electrons. The van der Waals surface area contributed by atoms with Gasteiger partial charge in [0, 0.05) is 31.1 Å². The zero-order valence-electron chi connectivity index (χ0n) is 12.8. The van der Waals surface area contributed by atoms with Gasteiger partial charge in [-0.3, -0.25) is 10.1 Å². The number of para-hydroxylation sites is 1. The van der Waals surface area contributed by atoms with Crippen molar-refractivity contribution in [2.75, 3.05) is 13.1 Å². The van der Waals surface area contributed by atoms with Crippen LogP contribution in [-0.2, 0) is 10.0 Å². The summed E-state index contributed by atoms with van der Waals surface area (Å²) in [5.74, 6) is -0.0243. The van der Waals surface area contributed by atoms with E-state index in [1.807, 2.05) is 30.3 Å². The first-order valence-corrected chi connectivity index (χ1v) is 8.99. The van der Waals surface area contributed by atoms with Crippen molar-refractivity contribution in [2.45, 2.75) is 16.9 Å². The number of nitrogens with zero attached hydrogens (tertiary/aromatic N) is 1. The minimum Gasteiger partial charge on any atom is -0.314 e. The predicted molar refractivity (Wildman–Crippen MR) is 89.3 cm³/mol. The van der Waals surface area contributed by atoms with Gasteiger partial charge in [-0.1, -0.05) is 42.5 Å². The number of hydrogen-bond acceptors (Lipinski definition) is 5. The topological polar surface area (TPSA) is 101 Å². The predicted octanol–water partition coefficient (Wildman–Crippen LogP) is 1.63. The smallest absolute Gasteiger partial charge is 0.289 e. The van der Waals surface area contributed by atoms with Gasteiger partial charge in [-0.05, 0) is 11.6 Å². The maximum absolute atomic E-state index is 12.6. The molecule has 2 aromatic carbocycles. The highest BCUT2D eigenvalue weighted by molar-refractivity contribution is 7.89. The summed E-state index contributed by atoms with van der Waals surface area (Å²) in [5, 5.41) is 14.3. The molecule has 3 rings (SSSR count). The first-order valence-electron chi connectivity index (χ1n) is 7.50. The Kier molecular flexibility index (Phi) is 4.61. The van der Waals surface area contributed by atoms with Crippen LogP contribution in [0, 0.1) is 10.1 Å². The van der Waals surface area contributed by atoms with Crippen molar-refractivity contribution in [1.29, 1.82) is 0 Å². The Hall–Kier alpha value is -2.29. The highest BCUT2D eigenvalue weighted by atomic mass is 32.2. The van der Waals surface area contributed by atoms with Crippen LogP contribution in [0.1, 0.15) is 11.5 Å². The minimum absolute atomic E-state index is 0.0243. The number of sulfonamides is 1. The van der Waals surface area contributed by atoms with Crippen LogP contribution in [0.15, 0.2) is 59.5 Å². The lowest BCUT2D eigenvalue weighted by Crippen LogP contribution is -2.39. The summed E-state index contributed by atoms with van der Waals surface area (Å²) in [4.78, 5) is 10.1. The number of benzene rings is 2. The van der Waals surface area contributed by atoms with Crippen molar-refractivity contribution >= 4 is 15.7 Å². The summed E-state index contributed by atoms with van der Waals surface area (Å²) in [7, 11) is -3.99. The Morgan fingerprint density at radius 2 is 1.71 bits per heavy atom. The molecule has 8 heteroatoms. The summed E-state index contributed by atoms with van der Waals surface area (Å²) < 4.78 is 27.9. The van der Waals surface area contributed by atoms with Gasteiger partial charge in [-0.2, -0.15) is 0 Å². The maximum Gasteiger partial charge on any atom is 0.289 e. The van der Waals surface area contributed by atoms with Gasteiger partial charge in [0.15, 0.2) is 4.90 Å². The Labute approximate surface area is 139 Å². The average Bonchev–Trinajstić information content (AvgIpc) is 3.03. The molecule has 0 radical (unpaired) electrons. The van der Waals surface area contributed by atoms with Crippen molar-refractivity contribution in [1.82, 2.24) is 10.0 Å². The van der Waals surface area contributed by atoms with E-state index in [2.05, 4.69) is 10.0 Å². The molecule has 1 aliphatic heterocycles. The first kappa shape index (κ1) is 16.6. The molecule has 1 fully saturated rings. The van der Waals surface area contributed by atoms with Crippen molar-refractivity contribution in [3.63, 3.8) is 0 Å². The molecule has 0 bridgehead atoms. The lowest BCUT2D eigenvalue weighted by Gasteiger charge is -2.20. The van der Waals surface area contributed by atoms with Gasteiger partial charge < -0.3 is 5.32 Å². The van der Waals surface area contributed by atoms with E-state index in [0.29, 0.717) is 13.1 Å². The Bertz CT molecular complexity index is 839. The Morgan fingerprint density at radius 3 is 2.42 bits per heavy atom. The largest absolute Gasteiger partial charge is 0.314 e. The molecule has 1 heterocycles. The highest BCUT2D eigenvalue weighted by Gasteiger charge is 2.34. The van der Waals surface area contributed by atoms with Crippen LogP contribution in [0.5, 0.6) is 0 Å². The Balaban J connectivity index is 1.88. The van der Waals surface area contributed by atoms with Crippen LogP contribution in [-0.4, -0.2) is 32.5 Å². The maximum atomic E-state index is 12.6. The third kappa shape index (κ3) is 3.30. The number of rotatable bonds is 5. The summed E-state index contributed by atoms with van der Waals surface area (Å²) in [6, 6.07) is 14.6. The molecule has 24 heavy (non-hydrogen) atoms. The zero-order valence-corrected chi connectivity index (χ0v) is 13.6. The molecular formula is C16H17N3O4S. The summed E-state index contributed by atoms with van der Waals surface area (Å²) >= 11 is 0. The number of hydrogen-bond donors (Lipinski definition) is 2. The van der Waals surface area contributed by atoms with E-state index < -0.39 is 20.6 Å². The second kappa shape index (κ2) is 6.68. The molecule has 0 saturated carbocycles. The summed E-state index contributed by atoms with van der Waals surface area (Å²) in [6.07, 6.45) is 0. The second-order valence-electron chi connectivity index (χ2n) is 5.63. The van der Waals surface area contributed by atoms with Gasteiger partial charge in [0.2, 0.25) is 10.0 Å². The second-order valence-corrected chi connectivity index (χ2v) is 7.31. The van der Waals surface area contributed by atoms with Crippen LogP contribution in [0.3, 0.4) is 0 Å². The van der Waals surface area contributed by atoms with Crippen LogP contribution >= 0.6 is 0 Å². The normalized spacial score (nSPS) is 20.8. The number of nitrogens with one attached hydrogen (secondary N) is 2. The van der Waals surface area contributed by atoms with E-state index in [4.69, 9.17) is 0 Å². The first-order chi connectivity index (χ1) is 11.5. The lowest BCUT2D eigenvalue weighted by atomic mass is 9.95. The quantitative estimate of drug-likeness (QED) is 0.632. The molecule has 2 atom stereocenters. The molecule has 1 saturated heterocycles. The van der Waals surface area contributed by atoms with Crippen molar-refractivity contribution < 1.29 is 13.3 Å². The highest BCUT2D eigenvalue weighted by Crippen LogP contribution is 2.27. The van der Waals surface area contributed by atoms with Crippen LogP contribution in [0.25, 0.3) is 0 Å². The zero-order chi connectivity index (χ0) is 17.2. The van der Waals surface area contributed by atoms with Gasteiger partial charge in [0.25, 0.3) is 5.69 Å². The molecule has 0 aliphatic carbocycles. The van der Waals surface area contributed by atoms with E-state index in [-0.39, 0.29) is 16.9 Å². The van der Waals surface area contributed by atoms with Crippen molar-refractivity contribution in [2.24, 2.45) is 0 Å². The molecule has 0 aromatic heterocycles. The molecule has 7 nitrogen and oxygen atoms in total. The molecule has 2 N–H and O–H groups in total. The molecule has 0 spiro atoms. The standard InChI is InChI=1S/C16H17N3O4S/c20-19(21)15-8-4-5-9-16(15)24(22,23)18-14-11-17-10-13(14)12-6-2-1-3-7-12/h1-9,13-14,17-18H,10-11H2/t13-,14+/m0/s1. The summed E-state index contributed by atoms with van der Waals surface area (Å²) in [5.41, 5.74) is 0.602. The molecule has 2 aromatic rings. The van der Waals surface area contributed by atoms with Gasteiger partial charge in [0.1, 0.15) is 0 Å². The van der Waals surface area contributed by atoms with Crippen LogP contribution in [0.2, 0.25) is 0 Å². The Morgan fingerprint density at radius 1 is 1.04 bits per heavy atom. The van der Waals surface area contributed by atoms with E-state index in [1.54, 1.807) is 0 Å². The third-order valence-electron chi connectivity index (χ3n) is 4.10. The van der Waals surface area contributed by atoms with Crippen LogP contribution < -0.4 is 10.0 Å².